The number of amides is 1. The van der Waals surface area contributed by atoms with Gasteiger partial charge in [0.15, 0.2) is 4.67 Å². The molecule has 2 aliphatic rings. The first-order valence-corrected chi connectivity index (χ1v) is 7.14. The van der Waals surface area contributed by atoms with Crippen LogP contribution in [0.25, 0.3) is 0 Å². The predicted octanol–water partition coefficient (Wildman–Crippen LogP) is 2.18. The first-order chi connectivity index (χ1) is 8.69. The lowest BCUT2D eigenvalue weighted by Gasteiger charge is -2.30. The number of carbonyl (C=O) groups is 1. The monoisotopic (exact) mass is 313 g/mol. The van der Waals surface area contributed by atoms with Gasteiger partial charge in [0.05, 0.1) is 5.56 Å². The number of aliphatic hydroxyl groups excluding tert-OH is 1. The van der Waals surface area contributed by atoms with E-state index in [0.29, 0.717) is 22.1 Å². The summed E-state index contributed by atoms with van der Waals surface area (Å²) in [6.45, 7) is 0.168. The summed E-state index contributed by atoms with van der Waals surface area (Å²) in [7, 11) is 0. The zero-order valence-corrected chi connectivity index (χ0v) is 11.5. The molecule has 4 nitrogen and oxygen atoms in total. The topological polar surface area (TPSA) is 62.5 Å². The Morgan fingerprint density at radius 1 is 1.50 bits per heavy atom. The van der Waals surface area contributed by atoms with Crippen molar-refractivity contribution < 1.29 is 14.3 Å². The van der Waals surface area contributed by atoms with Gasteiger partial charge in [-0.05, 0) is 47.0 Å². The van der Waals surface area contributed by atoms with Gasteiger partial charge in [-0.2, -0.15) is 0 Å². The van der Waals surface area contributed by atoms with Crippen LogP contribution in [0.4, 0.5) is 0 Å². The van der Waals surface area contributed by atoms with Gasteiger partial charge in [0.1, 0.15) is 6.26 Å². The summed E-state index contributed by atoms with van der Waals surface area (Å²) in [6.07, 6.45) is 4.95. The SMILES string of the molecule is O=C(NC1C2CCC(C2)C1CO)c1coc(Br)c1. The van der Waals surface area contributed by atoms with Gasteiger partial charge in [-0.15, -0.1) is 0 Å². The van der Waals surface area contributed by atoms with Crippen LogP contribution in [0.1, 0.15) is 29.6 Å². The Bertz CT molecular complexity index is 459. The molecule has 5 heteroatoms. The summed E-state index contributed by atoms with van der Waals surface area (Å²) >= 11 is 3.18. The second-order valence-corrected chi connectivity index (χ2v) is 6.10. The molecule has 0 aliphatic heterocycles. The number of fused-ring (bicyclic) bond motifs is 2. The van der Waals surface area contributed by atoms with Gasteiger partial charge in [0.25, 0.3) is 5.91 Å². The van der Waals surface area contributed by atoms with Gasteiger partial charge in [-0.3, -0.25) is 4.79 Å². The number of carbonyl (C=O) groups excluding carboxylic acids is 1. The number of halogens is 1. The zero-order valence-electron chi connectivity index (χ0n) is 9.93. The van der Waals surface area contributed by atoms with Crippen LogP contribution in [0.2, 0.25) is 0 Å². The minimum atomic E-state index is -0.111. The average Bonchev–Trinajstić information content (AvgIpc) is 3.03. The molecule has 1 aromatic rings. The van der Waals surface area contributed by atoms with Crippen LogP contribution in [-0.2, 0) is 0 Å². The van der Waals surface area contributed by atoms with Crippen LogP contribution < -0.4 is 5.32 Å². The lowest BCUT2D eigenvalue weighted by Crippen LogP contribution is -2.45. The van der Waals surface area contributed by atoms with Gasteiger partial charge >= 0.3 is 0 Å². The van der Waals surface area contributed by atoms with E-state index < -0.39 is 0 Å². The maximum Gasteiger partial charge on any atom is 0.254 e. The molecule has 1 aromatic heterocycles. The quantitative estimate of drug-likeness (QED) is 0.899. The number of hydrogen-bond donors (Lipinski definition) is 2. The maximum absolute atomic E-state index is 12.1. The second-order valence-electron chi connectivity index (χ2n) is 5.32. The van der Waals surface area contributed by atoms with Crippen molar-refractivity contribution in [3.05, 3.63) is 22.6 Å². The van der Waals surface area contributed by atoms with Crippen molar-refractivity contribution in [2.24, 2.45) is 17.8 Å². The third kappa shape index (κ3) is 1.99. The standard InChI is InChI=1S/C13H16BrNO3/c14-11-4-9(6-18-11)13(17)15-12-8-2-1-7(3-8)10(12)5-16/h4,6-8,10,12,16H,1-3,5H2,(H,15,17). The van der Waals surface area contributed by atoms with E-state index in [0.717, 1.165) is 6.42 Å². The fourth-order valence-electron chi connectivity index (χ4n) is 3.56. The summed E-state index contributed by atoms with van der Waals surface area (Å²) in [5, 5.41) is 12.5. The van der Waals surface area contributed by atoms with Gasteiger partial charge in [0, 0.05) is 24.6 Å². The Morgan fingerprint density at radius 2 is 2.28 bits per heavy atom. The molecule has 2 N–H and O–H groups in total. The summed E-state index contributed by atoms with van der Waals surface area (Å²) in [5.74, 6) is 1.23. The van der Waals surface area contributed by atoms with E-state index in [2.05, 4.69) is 21.2 Å². The molecule has 2 aliphatic carbocycles. The van der Waals surface area contributed by atoms with E-state index >= 15 is 0 Å². The van der Waals surface area contributed by atoms with Gasteiger partial charge < -0.3 is 14.8 Å². The van der Waals surface area contributed by atoms with Crippen LogP contribution >= 0.6 is 15.9 Å². The van der Waals surface area contributed by atoms with Crippen molar-refractivity contribution in [3.63, 3.8) is 0 Å². The second kappa shape index (κ2) is 4.70. The maximum atomic E-state index is 12.1. The van der Waals surface area contributed by atoms with Crippen LogP contribution in [0.15, 0.2) is 21.4 Å². The third-order valence-corrected chi connectivity index (χ3v) is 4.84. The number of furan rings is 1. The Kier molecular flexibility index (Phi) is 3.20. The molecule has 0 spiro atoms. The predicted molar refractivity (Wildman–Crippen MR) is 69.1 cm³/mol. The summed E-state index contributed by atoms with van der Waals surface area (Å²) in [4.78, 5) is 12.1. The Labute approximate surface area is 114 Å². The highest BCUT2D eigenvalue weighted by Crippen LogP contribution is 2.48. The molecule has 0 radical (unpaired) electrons. The molecule has 2 saturated carbocycles. The van der Waals surface area contributed by atoms with Crippen LogP contribution in [0, 0.1) is 17.8 Å². The van der Waals surface area contributed by atoms with E-state index in [9.17, 15) is 9.90 Å². The normalized spacial score (nSPS) is 33.9. The molecule has 18 heavy (non-hydrogen) atoms. The molecule has 3 rings (SSSR count). The van der Waals surface area contributed by atoms with Crippen molar-refractivity contribution in [3.8, 4) is 0 Å². The molecule has 0 aromatic carbocycles. The molecule has 2 fully saturated rings. The lowest BCUT2D eigenvalue weighted by molar-refractivity contribution is 0.0861. The highest BCUT2D eigenvalue weighted by molar-refractivity contribution is 9.10. The van der Waals surface area contributed by atoms with Crippen LogP contribution in [-0.4, -0.2) is 23.7 Å². The van der Waals surface area contributed by atoms with Crippen molar-refractivity contribution in [2.75, 3.05) is 6.61 Å². The van der Waals surface area contributed by atoms with Crippen LogP contribution in [0.5, 0.6) is 0 Å². The Hall–Kier alpha value is -0.810. The van der Waals surface area contributed by atoms with E-state index in [1.165, 1.54) is 19.1 Å². The van der Waals surface area contributed by atoms with E-state index in [-0.39, 0.29) is 24.5 Å². The molecule has 1 heterocycles. The van der Waals surface area contributed by atoms with E-state index in [4.69, 9.17) is 4.42 Å². The summed E-state index contributed by atoms with van der Waals surface area (Å²) < 4.78 is 5.63. The Balaban J connectivity index is 1.71. The van der Waals surface area contributed by atoms with Crippen molar-refractivity contribution in [1.29, 1.82) is 0 Å². The van der Waals surface area contributed by atoms with Gasteiger partial charge in [-0.25, -0.2) is 0 Å². The zero-order chi connectivity index (χ0) is 12.7. The highest BCUT2D eigenvalue weighted by Gasteiger charge is 2.47. The van der Waals surface area contributed by atoms with E-state index in [1.807, 2.05) is 0 Å². The number of aliphatic hydroxyl groups is 1. The fraction of sp³-hybridized carbons (Fsp3) is 0.615. The largest absolute Gasteiger partial charge is 0.457 e. The van der Waals surface area contributed by atoms with Gasteiger partial charge in [0.2, 0.25) is 0 Å². The van der Waals surface area contributed by atoms with Crippen molar-refractivity contribution in [2.45, 2.75) is 25.3 Å². The molecule has 98 valence electrons. The third-order valence-electron chi connectivity index (χ3n) is 4.43. The number of nitrogens with one attached hydrogen (secondary N) is 1. The molecule has 0 saturated heterocycles. The molecule has 1 amide bonds. The average molecular weight is 314 g/mol. The molecule has 2 bridgehead atoms. The van der Waals surface area contributed by atoms with Crippen molar-refractivity contribution >= 4 is 21.8 Å². The van der Waals surface area contributed by atoms with Gasteiger partial charge in [-0.1, -0.05) is 0 Å². The van der Waals surface area contributed by atoms with Crippen molar-refractivity contribution in [1.82, 2.24) is 5.32 Å². The number of rotatable bonds is 3. The molecule has 4 unspecified atom stereocenters. The molecule has 4 atom stereocenters. The Morgan fingerprint density at radius 3 is 2.94 bits per heavy atom. The summed E-state index contributed by atoms with van der Waals surface area (Å²) in [6, 6.07) is 1.78. The molecular weight excluding hydrogens is 298 g/mol. The van der Waals surface area contributed by atoms with E-state index in [1.54, 1.807) is 6.07 Å². The summed E-state index contributed by atoms with van der Waals surface area (Å²) in [5.41, 5.74) is 0.529. The molecular formula is C13H16BrNO3. The number of hydrogen-bond acceptors (Lipinski definition) is 3. The first kappa shape index (κ1) is 12.2. The van der Waals surface area contributed by atoms with Crippen LogP contribution in [0.3, 0.4) is 0 Å². The first-order valence-electron chi connectivity index (χ1n) is 6.35. The minimum absolute atomic E-state index is 0.111. The fourth-order valence-corrected chi connectivity index (χ4v) is 3.90. The smallest absolute Gasteiger partial charge is 0.254 e. The minimum Gasteiger partial charge on any atom is -0.457 e. The highest BCUT2D eigenvalue weighted by atomic mass is 79.9. The lowest BCUT2D eigenvalue weighted by atomic mass is 9.85.